The number of carbonyl (C=O) groups is 1. The molecule has 1 aliphatic rings. The fourth-order valence-electron chi connectivity index (χ4n) is 3.79. The zero-order chi connectivity index (χ0) is 21.3. The SMILES string of the molecule is COc1cc(OCc2ccc(C(=O)NCC3CCCCC3)cc2)cc(OC)c1OC. The number of benzene rings is 2. The fraction of sp³-hybridized carbons (Fsp3) is 0.458. The third kappa shape index (κ3) is 5.59. The van der Waals surface area contributed by atoms with Gasteiger partial charge in [-0.05, 0) is 36.5 Å². The van der Waals surface area contributed by atoms with Crippen molar-refractivity contribution in [3.63, 3.8) is 0 Å². The zero-order valence-electron chi connectivity index (χ0n) is 18.0. The molecule has 162 valence electrons. The topological polar surface area (TPSA) is 66.0 Å². The molecule has 1 saturated carbocycles. The molecule has 0 aliphatic heterocycles. The van der Waals surface area contributed by atoms with Crippen molar-refractivity contribution >= 4 is 5.91 Å². The fourth-order valence-corrected chi connectivity index (χ4v) is 3.79. The van der Waals surface area contributed by atoms with Gasteiger partial charge < -0.3 is 24.3 Å². The van der Waals surface area contributed by atoms with Crippen molar-refractivity contribution in [3.05, 3.63) is 47.5 Å². The van der Waals surface area contributed by atoms with Gasteiger partial charge in [-0.15, -0.1) is 0 Å². The molecule has 1 N–H and O–H groups in total. The van der Waals surface area contributed by atoms with E-state index in [-0.39, 0.29) is 5.91 Å². The first-order valence-electron chi connectivity index (χ1n) is 10.4. The Bertz CT molecular complexity index is 803. The number of methoxy groups -OCH3 is 3. The molecule has 0 radical (unpaired) electrons. The molecule has 1 amide bonds. The minimum atomic E-state index is -0.0160. The molecule has 2 aromatic rings. The van der Waals surface area contributed by atoms with Gasteiger partial charge in [-0.1, -0.05) is 31.4 Å². The molecule has 0 atom stereocenters. The lowest BCUT2D eigenvalue weighted by atomic mass is 9.89. The number of hydrogen-bond acceptors (Lipinski definition) is 5. The second-order valence-electron chi connectivity index (χ2n) is 7.56. The van der Waals surface area contributed by atoms with Crippen LogP contribution in [0.25, 0.3) is 0 Å². The Kier molecular flexibility index (Phi) is 7.82. The van der Waals surface area contributed by atoms with E-state index in [0.717, 1.165) is 12.1 Å². The summed E-state index contributed by atoms with van der Waals surface area (Å²) in [5, 5.41) is 3.07. The maximum absolute atomic E-state index is 12.4. The lowest BCUT2D eigenvalue weighted by Gasteiger charge is -2.21. The Hall–Kier alpha value is -2.89. The van der Waals surface area contributed by atoms with Gasteiger partial charge in [-0.3, -0.25) is 4.79 Å². The van der Waals surface area contributed by atoms with E-state index in [1.807, 2.05) is 24.3 Å². The quantitative estimate of drug-likeness (QED) is 0.651. The van der Waals surface area contributed by atoms with Crippen molar-refractivity contribution < 1.29 is 23.7 Å². The van der Waals surface area contributed by atoms with Crippen LogP contribution in [-0.4, -0.2) is 33.8 Å². The third-order valence-corrected chi connectivity index (χ3v) is 5.54. The van der Waals surface area contributed by atoms with Crippen LogP contribution < -0.4 is 24.3 Å². The van der Waals surface area contributed by atoms with Crippen LogP contribution in [0.4, 0.5) is 0 Å². The van der Waals surface area contributed by atoms with E-state index in [1.165, 1.54) is 32.1 Å². The summed E-state index contributed by atoms with van der Waals surface area (Å²) >= 11 is 0. The molecular formula is C24H31NO5. The van der Waals surface area contributed by atoms with Crippen molar-refractivity contribution in [2.75, 3.05) is 27.9 Å². The van der Waals surface area contributed by atoms with Crippen LogP contribution in [0.1, 0.15) is 48.0 Å². The van der Waals surface area contributed by atoms with Gasteiger partial charge in [0, 0.05) is 24.2 Å². The van der Waals surface area contributed by atoms with Gasteiger partial charge in [-0.2, -0.15) is 0 Å². The number of ether oxygens (including phenoxy) is 4. The van der Waals surface area contributed by atoms with Crippen LogP contribution in [0.2, 0.25) is 0 Å². The monoisotopic (exact) mass is 413 g/mol. The summed E-state index contributed by atoms with van der Waals surface area (Å²) in [4.78, 5) is 12.4. The lowest BCUT2D eigenvalue weighted by molar-refractivity contribution is 0.0943. The second kappa shape index (κ2) is 10.8. The van der Waals surface area contributed by atoms with Crippen molar-refractivity contribution in [2.24, 2.45) is 5.92 Å². The van der Waals surface area contributed by atoms with Crippen LogP contribution in [-0.2, 0) is 6.61 Å². The summed E-state index contributed by atoms with van der Waals surface area (Å²) < 4.78 is 21.9. The van der Waals surface area contributed by atoms with Crippen molar-refractivity contribution in [1.29, 1.82) is 0 Å². The Balaban J connectivity index is 1.56. The highest BCUT2D eigenvalue weighted by Gasteiger charge is 2.16. The van der Waals surface area contributed by atoms with E-state index in [4.69, 9.17) is 18.9 Å². The molecule has 30 heavy (non-hydrogen) atoms. The summed E-state index contributed by atoms with van der Waals surface area (Å²) in [6.07, 6.45) is 6.32. The smallest absolute Gasteiger partial charge is 0.251 e. The lowest BCUT2D eigenvalue weighted by Crippen LogP contribution is -2.30. The largest absolute Gasteiger partial charge is 0.493 e. The molecule has 6 nitrogen and oxygen atoms in total. The van der Waals surface area contributed by atoms with E-state index in [1.54, 1.807) is 33.5 Å². The van der Waals surface area contributed by atoms with Crippen LogP contribution in [0.5, 0.6) is 23.0 Å². The molecule has 0 saturated heterocycles. The van der Waals surface area contributed by atoms with Crippen LogP contribution in [0, 0.1) is 5.92 Å². The minimum absolute atomic E-state index is 0.0160. The first-order chi connectivity index (χ1) is 14.6. The van der Waals surface area contributed by atoms with Crippen LogP contribution in [0.15, 0.2) is 36.4 Å². The number of carbonyl (C=O) groups excluding carboxylic acids is 1. The Morgan fingerprint density at radius 1 is 0.933 bits per heavy atom. The molecule has 0 heterocycles. The van der Waals surface area contributed by atoms with Crippen molar-refractivity contribution in [3.8, 4) is 23.0 Å². The summed E-state index contributed by atoms with van der Waals surface area (Å²) in [6.45, 7) is 1.13. The Morgan fingerprint density at radius 2 is 1.57 bits per heavy atom. The summed E-state index contributed by atoms with van der Waals surface area (Å²) in [6, 6.07) is 11.0. The summed E-state index contributed by atoms with van der Waals surface area (Å²) in [5.41, 5.74) is 1.63. The average molecular weight is 414 g/mol. The molecule has 0 spiro atoms. The molecule has 0 unspecified atom stereocenters. The molecule has 0 bridgehead atoms. The molecule has 1 fully saturated rings. The van der Waals surface area contributed by atoms with Gasteiger partial charge >= 0.3 is 0 Å². The van der Waals surface area contributed by atoms with Gasteiger partial charge in [-0.25, -0.2) is 0 Å². The summed E-state index contributed by atoms with van der Waals surface area (Å²) in [7, 11) is 4.70. The number of rotatable bonds is 9. The van der Waals surface area contributed by atoms with Crippen molar-refractivity contribution in [1.82, 2.24) is 5.32 Å². The standard InChI is InChI=1S/C24H31NO5/c1-27-21-13-20(14-22(28-2)23(21)29-3)30-16-18-9-11-19(12-10-18)24(26)25-15-17-7-5-4-6-8-17/h9-14,17H,4-8,15-16H2,1-3H3,(H,25,26). The average Bonchev–Trinajstić information content (AvgIpc) is 2.81. The normalized spacial score (nSPS) is 14.1. The number of hydrogen-bond donors (Lipinski definition) is 1. The highest BCUT2D eigenvalue weighted by molar-refractivity contribution is 5.94. The van der Waals surface area contributed by atoms with E-state index in [9.17, 15) is 4.79 Å². The predicted molar refractivity (Wildman–Crippen MR) is 116 cm³/mol. The zero-order valence-corrected chi connectivity index (χ0v) is 18.0. The Labute approximate surface area is 178 Å². The molecule has 1 aliphatic carbocycles. The van der Waals surface area contributed by atoms with E-state index in [2.05, 4.69) is 5.32 Å². The molecule has 2 aromatic carbocycles. The number of amides is 1. The highest BCUT2D eigenvalue weighted by Crippen LogP contribution is 2.40. The van der Waals surface area contributed by atoms with Crippen LogP contribution in [0.3, 0.4) is 0 Å². The van der Waals surface area contributed by atoms with Crippen LogP contribution >= 0.6 is 0 Å². The van der Waals surface area contributed by atoms with Gasteiger partial charge in [0.2, 0.25) is 5.75 Å². The third-order valence-electron chi connectivity index (χ3n) is 5.54. The van der Waals surface area contributed by atoms with E-state index >= 15 is 0 Å². The first kappa shape index (κ1) is 21.8. The molecule has 6 heteroatoms. The Morgan fingerprint density at radius 3 is 2.13 bits per heavy atom. The van der Waals surface area contributed by atoms with Gasteiger partial charge in [0.05, 0.1) is 21.3 Å². The van der Waals surface area contributed by atoms with Gasteiger partial charge in [0.15, 0.2) is 11.5 Å². The number of nitrogens with one attached hydrogen (secondary N) is 1. The highest BCUT2D eigenvalue weighted by atomic mass is 16.5. The molecule has 0 aromatic heterocycles. The van der Waals surface area contributed by atoms with Gasteiger partial charge in [0.25, 0.3) is 5.91 Å². The first-order valence-corrected chi connectivity index (χ1v) is 10.4. The molecule has 3 rings (SSSR count). The van der Waals surface area contributed by atoms with E-state index < -0.39 is 0 Å². The van der Waals surface area contributed by atoms with Crippen molar-refractivity contribution in [2.45, 2.75) is 38.7 Å². The van der Waals surface area contributed by atoms with E-state index in [0.29, 0.717) is 41.1 Å². The van der Waals surface area contributed by atoms with Gasteiger partial charge in [0.1, 0.15) is 12.4 Å². The second-order valence-corrected chi connectivity index (χ2v) is 7.56. The summed E-state index contributed by atoms with van der Waals surface area (Å²) in [5.74, 6) is 2.81. The predicted octanol–water partition coefficient (Wildman–Crippen LogP) is 4.60. The maximum Gasteiger partial charge on any atom is 0.251 e. The molecular weight excluding hydrogens is 382 g/mol. The maximum atomic E-state index is 12.4. The minimum Gasteiger partial charge on any atom is -0.493 e.